The number of aryl methyl sites for hydroxylation is 1. The summed E-state index contributed by atoms with van der Waals surface area (Å²) in [7, 11) is 4.39. The molecule has 2 aromatic rings. The summed E-state index contributed by atoms with van der Waals surface area (Å²) < 4.78 is 15.3. The van der Waals surface area contributed by atoms with E-state index in [4.69, 9.17) is 4.98 Å². The summed E-state index contributed by atoms with van der Waals surface area (Å²) in [6, 6.07) is 5.50. The van der Waals surface area contributed by atoms with E-state index in [1.807, 2.05) is 0 Å². The topological polar surface area (TPSA) is 50.8 Å². The molecule has 0 bridgehead atoms. The van der Waals surface area contributed by atoms with Crippen molar-refractivity contribution in [1.82, 2.24) is 19.8 Å². The van der Waals surface area contributed by atoms with Crippen molar-refractivity contribution in [3.8, 4) is 11.3 Å². The SMILES string of the molecule is Cc1cc(-c2nc(NC3(C)C=CC4=C(CCN(C5CCN(C)CC5)C4)C3)ncc2F)cc2c1N(C)CN2C1CCCC1. The van der Waals surface area contributed by atoms with Gasteiger partial charge in [-0.05, 0) is 95.8 Å². The molecule has 0 spiro atoms. The standard InChI is InChI=1S/C34H46FN7/c1-23-17-26(18-30-32(23)40(4)22-42(30)28-7-5-6-8-28)31-29(35)20-36-33(37-31)38-34(2)13-9-25-21-41(16-10-24(25)19-34)27-11-14-39(3)15-12-27/h9,13,17-18,20,27-28H,5-8,10-12,14-16,19,21-22H2,1-4H3,(H,36,37,38). The zero-order valence-electron chi connectivity index (χ0n) is 25.8. The first kappa shape index (κ1) is 27.8. The lowest BCUT2D eigenvalue weighted by atomic mass is 9.81. The van der Waals surface area contributed by atoms with E-state index in [1.165, 1.54) is 80.3 Å². The van der Waals surface area contributed by atoms with Gasteiger partial charge in [0.05, 0.1) is 29.8 Å². The number of hydrogen-bond donors (Lipinski definition) is 1. The Labute approximate surface area is 250 Å². The monoisotopic (exact) mass is 571 g/mol. The fourth-order valence-corrected chi connectivity index (χ4v) is 8.17. The normalized spacial score (nSPS) is 25.8. The summed E-state index contributed by atoms with van der Waals surface area (Å²) in [5.74, 6) is 0.101. The van der Waals surface area contributed by atoms with Crippen LogP contribution in [-0.2, 0) is 0 Å². The molecule has 42 heavy (non-hydrogen) atoms. The molecule has 7 nitrogen and oxygen atoms in total. The van der Waals surface area contributed by atoms with Crippen LogP contribution >= 0.6 is 0 Å². The molecule has 1 saturated carbocycles. The molecule has 3 aliphatic heterocycles. The molecule has 1 saturated heterocycles. The average molecular weight is 572 g/mol. The number of piperidine rings is 1. The van der Waals surface area contributed by atoms with Crippen molar-refractivity contribution in [3.05, 3.63) is 53.0 Å². The van der Waals surface area contributed by atoms with Crippen LogP contribution in [0.5, 0.6) is 0 Å². The third-order valence-corrected chi connectivity index (χ3v) is 10.5. The van der Waals surface area contributed by atoms with Gasteiger partial charge in [0.25, 0.3) is 0 Å². The Morgan fingerprint density at radius 1 is 1.02 bits per heavy atom. The predicted octanol–water partition coefficient (Wildman–Crippen LogP) is 5.97. The van der Waals surface area contributed by atoms with Gasteiger partial charge in [-0.2, -0.15) is 0 Å². The zero-order valence-corrected chi connectivity index (χ0v) is 25.8. The number of nitrogens with zero attached hydrogens (tertiary/aromatic N) is 6. The number of halogens is 1. The summed E-state index contributed by atoms with van der Waals surface area (Å²) in [5, 5.41) is 3.59. The Morgan fingerprint density at radius 3 is 2.60 bits per heavy atom. The molecule has 1 aromatic heterocycles. The Hall–Kier alpha value is -2.97. The van der Waals surface area contributed by atoms with Crippen LogP contribution in [0.4, 0.5) is 21.7 Å². The van der Waals surface area contributed by atoms with Gasteiger partial charge in [0.1, 0.15) is 5.69 Å². The lowest BCUT2D eigenvalue weighted by Gasteiger charge is -2.42. The smallest absolute Gasteiger partial charge is 0.224 e. The number of aromatic nitrogens is 2. The fourth-order valence-electron chi connectivity index (χ4n) is 8.17. The third-order valence-electron chi connectivity index (χ3n) is 10.5. The highest BCUT2D eigenvalue weighted by molar-refractivity contribution is 5.84. The highest BCUT2D eigenvalue weighted by Crippen LogP contribution is 2.44. The van der Waals surface area contributed by atoms with E-state index in [1.54, 1.807) is 0 Å². The molecule has 4 heterocycles. The summed E-state index contributed by atoms with van der Waals surface area (Å²) in [6.45, 7) is 9.82. The van der Waals surface area contributed by atoms with Crippen molar-refractivity contribution in [3.63, 3.8) is 0 Å². The van der Waals surface area contributed by atoms with Crippen molar-refractivity contribution in [2.24, 2.45) is 0 Å². The first-order valence-corrected chi connectivity index (χ1v) is 16.0. The van der Waals surface area contributed by atoms with Gasteiger partial charge in [-0.3, -0.25) is 4.90 Å². The number of nitrogens with one attached hydrogen (secondary N) is 1. The predicted molar refractivity (Wildman–Crippen MR) is 170 cm³/mol. The van der Waals surface area contributed by atoms with Crippen LogP contribution in [0, 0.1) is 12.7 Å². The van der Waals surface area contributed by atoms with Crippen molar-refractivity contribution in [1.29, 1.82) is 0 Å². The van der Waals surface area contributed by atoms with Crippen LogP contribution in [0.15, 0.2) is 41.6 Å². The lowest BCUT2D eigenvalue weighted by molar-refractivity contribution is 0.125. The number of rotatable bonds is 5. The summed E-state index contributed by atoms with van der Waals surface area (Å²) in [5.41, 5.74) is 7.52. The maximum Gasteiger partial charge on any atom is 0.224 e. The van der Waals surface area contributed by atoms with Gasteiger partial charge in [-0.15, -0.1) is 0 Å². The van der Waals surface area contributed by atoms with Crippen LogP contribution in [-0.4, -0.2) is 84.3 Å². The number of likely N-dealkylation sites (tertiary alicyclic amines) is 1. The van der Waals surface area contributed by atoms with Crippen LogP contribution < -0.4 is 15.1 Å². The Balaban J connectivity index is 1.09. The van der Waals surface area contributed by atoms with Gasteiger partial charge in [-0.1, -0.05) is 30.6 Å². The average Bonchev–Trinajstić information content (AvgIpc) is 3.62. The van der Waals surface area contributed by atoms with Gasteiger partial charge >= 0.3 is 0 Å². The van der Waals surface area contributed by atoms with E-state index < -0.39 is 0 Å². The van der Waals surface area contributed by atoms with Crippen molar-refractivity contribution in [2.75, 3.05) is 62.1 Å². The second-order valence-corrected chi connectivity index (χ2v) is 13.7. The minimum Gasteiger partial charge on any atom is -0.355 e. The minimum atomic E-state index is -0.380. The van der Waals surface area contributed by atoms with Gasteiger partial charge in [0.2, 0.25) is 5.95 Å². The molecule has 2 fully saturated rings. The van der Waals surface area contributed by atoms with Gasteiger partial charge in [0.15, 0.2) is 5.82 Å². The summed E-state index contributed by atoms with van der Waals surface area (Å²) >= 11 is 0. The third kappa shape index (κ3) is 5.21. The van der Waals surface area contributed by atoms with Gasteiger partial charge in [-0.25, -0.2) is 14.4 Å². The Kier molecular flexibility index (Phi) is 7.25. The molecule has 1 unspecified atom stereocenters. The molecule has 8 heteroatoms. The van der Waals surface area contributed by atoms with E-state index >= 15 is 4.39 Å². The lowest BCUT2D eigenvalue weighted by Crippen LogP contribution is -2.47. The molecule has 7 rings (SSSR count). The summed E-state index contributed by atoms with van der Waals surface area (Å²) in [4.78, 5) is 19.2. The van der Waals surface area contributed by atoms with Crippen molar-refractivity contribution >= 4 is 17.3 Å². The molecular weight excluding hydrogens is 525 g/mol. The number of anilines is 3. The van der Waals surface area contributed by atoms with Crippen LogP contribution in [0.2, 0.25) is 0 Å². The first-order valence-electron chi connectivity index (χ1n) is 16.0. The van der Waals surface area contributed by atoms with Crippen LogP contribution in [0.25, 0.3) is 11.3 Å². The Morgan fingerprint density at radius 2 is 1.81 bits per heavy atom. The molecule has 224 valence electrons. The highest BCUT2D eigenvalue weighted by atomic mass is 19.1. The molecule has 5 aliphatic rings. The van der Waals surface area contributed by atoms with Crippen LogP contribution in [0.3, 0.4) is 0 Å². The van der Waals surface area contributed by atoms with E-state index in [9.17, 15) is 0 Å². The van der Waals surface area contributed by atoms with E-state index in [0.717, 1.165) is 43.7 Å². The quantitative estimate of drug-likeness (QED) is 0.474. The molecule has 1 atom stereocenters. The van der Waals surface area contributed by atoms with Crippen LogP contribution in [0.1, 0.15) is 63.9 Å². The molecule has 2 aliphatic carbocycles. The second kappa shape index (κ2) is 10.9. The molecular formula is C34H46FN7. The van der Waals surface area contributed by atoms with Gasteiger partial charge < -0.3 is 20.0 Å². The highest BCUT2D eigenvalue weighted by Gasteiger charge is 2.35. The number of fused-ring (bicyclic) bond motifs is 1. The molecule has 0 amide bonds. The molecule has 1 N–H and O–H groups in total. The zero-order chi connectivity index (χ0) is 29.0. The minimum absolute atomic E-state index is 0.306. The van der Waals surface area contributed by atoms with E-state index in [-0.39, 0.29) is 11.4 Å². The van der Waals surface area contributed by atoms with E-state index in [0.29, 0.717) is 23.7 Å². The largest absolute Gasteiger partial charge is 0.355 e. The fraction of sp³-hybridized carbons (Fsp3) is 0.588. The maximum atomic E-state index is 15.3. The molecule has 0 radical (unpaired) electrons. The van der Waals surface area contributed by atoms with E-state index in [2.05, 4.69) is 82.1 Å². The van der Waals surface area contributed by atoms with Crippen molar-refractivity contribution in [2.45, 2.75) is 82.8 Å². The first-order chi connectivity index (χ1) is 20.3. The number of hydrogen-bond acceptors (Lipinski definition) is 7. The second-order valence-electron chi connectivity index (χ2n) is 13.7. The Bertz CT molecular complexity index is 1400. The number of benzene rings is 1. The van der Waals surface area contributed by atoms with Crippen molar-refractivity contribution < 1.29 is 4.39 Å². The maximum absolute atomic E-state index is 15.3. The van der Waals surface area contributed by atoms with Gasteiger partial charge in [0, 0.05) is 37.8 Å². The summed E-state index contributed by atoms with van der Waals surface area (Å²) in [6.07, 6.45) is 15.5. The molecule has 1 aromatic carbocycles.